The van der Waals surface area contributed by atoms with Crippen molar-refractivity contribution in [2.45, 2.75) is 298 Å². The number of aliphatic hydroxyl groups is 9. The number of hydrogen-bond donors (Lipinski definition) is 19. The largest absolute Gasteiger partial charge is 0.394 e. The summed E-state index contributed by atoms with van der Waals surface area (Å²) in [6.07, 6.45) is -4.51. The van der Waals surface area contributed by atoms with Gasteiger partial charge < -0.3 is 156 Å². The normalized spacial score (nSPS) is 25.2. The van der Waals surface area contributed by atoms with Crippen molar-refractivity contribution < 1.29 is 155 Å². The molecule has 43 nitrogen and oxygen atoms in total. The average molecular weight is 1820 g/mol. The monoisotopic (exact) mass is 1820 g/mol. The molecule has 11 amide bonds. The van der Waals surface area contributed by atoms with Gasteiger partial charge in [0.1, 0.15) is 78.6 Å². The quantitative estimate of drug-likeness (QED) is 0.0212. The van der Waals surface area contributed by atoms with Gasteiger partial charge in [0.15, 0.2) is 18.9 Å². The van der Waals surface area contributed by atoms with Crippen molar-refractivity contribution in [2.24, 2.45) is 5.92 Å². The van der Waals surface area contributed by atoms with Gasteiger partial charge in [-0.25, -0.2) is 0 Å². The van der Waals surface area contributed by atoms with Gasteiger partial charge in [0.25, 0.3) is 0 Å². The Labute approximate surface area is 732 Å². The highest BCUT2D eigenvalue weighted by Gasteiger charge is 2.48. The SMILES string of the molecule is COP(C)(=O)OC[C@@H]1C[C@@H](C)CN1C(=O)CCCCCCCCCCC(=O)NC(COCCC(=O)NCCCNC(=O)CCCCOC1OC(CO)C(O)C(O)C1NC(C)=O)(COCCC(=O)NCCCNC(=O)CCCCOC1OC(CO)C(O)C(O)C1NC(C)=O)COCCC(=O)NCCCNC(=O)CCCCOC1OC(CO)C(O)C(O)C1NC(C)=O. The number of amides is 11. The molecule has 4 rings (SSSR count). The first-order chi connectivity index (χ1) is 59.8. The summed E-state index contributed by atoms with van der Waals surface area (Å²) in [7, 11) is -1.87. The molecule has 4 fully saturated rings. The van der Waals surface area contributed by atoms with Crippen LogP contribution in [-0.2, 0) is 109 Å². The van der Waals surface area contributed by atoms with Gasteiger partial charge in [-0.2, -0.15) is 0 Å². The highest BCUT2D eigenvalue weighted by atomic mass is 31.2. The van der Waals surface area contributed by atoms with E-state index in [4.69, 9.17) is 51.7 Å². The van der Waals surface area contributed by atoms with Crippen LogP contribution in [0.25, 0.3) is 0 Å². The lowest BCUT2D eigenvalue weighted by Crippen LogP contribution is -2.64. The van der Waals surface area contributed by atoms with Crippen LogP contribution < -0.4 is 53.2 Å². The van der Waals surface area contributed by atoms with Gasteiger partial charge in [-0.1, -0.05) is 45.4 Å². The van der Waals surface area contributed by atoms with E-state index in [1.807, 2.05) is 4.90 Å². The van der Waals surface area contributed by atoms with E-state index in [1.165, 1.54) is 34.5 Å². The van der Waals surface area contributed by atoms with E-state index >= 15 is 0 Å². The Hall–Kier alpha value is -6.40. The summed E-state index contributed by atoms with van der Waals surface area (Å²) in [5.74, 6) is -3.43. The van der Waals surface area contributed by atoms with Gasteiger partial charge >= 0.3 is 7.60 Å². The van der Waals surface area contributed by atoms with E-state index in [-0.39, 0.29) is 204 Å². The predicted octanol–water partition coefficient (Wildman–Crippen LogP) is -3.06. The van der Waals surface area contributed by atoms with Crippen molar-refractivity contribution in [1.82, 2.24) is 58.1 Å². The fourth-order valence-corrected chi connectivity index (χ4v) is 14.9. The van der Waals surface area contributed by atoms with E-state index in [9.17, 15) is 103 Å². The molecule has 0 aromatic heterocycles. The van der Waals surface area contributed by atoms with E-state index in [0.29, 0.717) is 83.1 Å². The van der Waals surface area contributed by atoms with Crippen LogP contribution in [0.2, 0.25) is 0 Å². The summed E-state index contributed by atoms with van der Waals surface area (Å²) in [6, 6.07) is -3.47. The Morgan fingerprint density at radius 2 is 0.696 bits per heavy atom. The van der Waals surface area contributed by atoms with Gasteiger partial charge in [0, 0.05) is 152 Å². The number of aliphatic hydroxyl groups excluding tert-OH is 9. The van der Waals surface area contributed by atoms with Crippen molar-refractivity contribution >= 4 is 72.6 Å². The second-order valence-corrected chi connectivity index (χ2v) is 34.5. The number of hydrogen-bond acceptors (Lipinski definition) is 32. The fourth-order valence-electron chi connectivity index (χ4n) is 14.3. The molecule has 4 aliphatic heterocycles. The summed E-state index contributed by atoms with van der Waals surface area (Å²) in [5.41, 5.74) is -1.44. The molecule has 0 spiro atoms. The minimum absolute atomic E-state index is 0.0454. The molecular weight excluding hydrogens is 1670 g/mol. The Bertz CT molecular complexity index is 2970. The molecule has 0 aromatic rings. The van der Waals surface area contributed by atoms with Gasteiger partial charge in [-0.05, 0) is 83.0 Å². The number of nitrogens with one attached hydrogen (secondary N) is 10. The second kappa shape index (κ2) is 62.8. The van der Waals surface area contributed by atoms with Gasteiger partial charge in [0.2, 0.25) is 65.0 Å². The first-order valence-electron chi connectivity index (χ1n) is 44.0. The lowest BCUT2D eigenvalue weighted by Gasteiger charge is -2.42. The summed E-state index contributed by atoms with van der Waals surface area (Å²) < 4.78 is 75.2. The zero-order valence-electron chi connectivity index (χ0n) is 73.7. The first-order valence-corrected chi connectivity index (χ1v) is 46.0. The highest BCUT2D eigenvalue weighted by Crippen LogP contribution is 2.43. The summed E-state index contributed by atoms with van der Waals surface area (Å²) in [5, 5.41) is 119. The molecule has 0 bridgehead atoms. The van der Waals surface area contributed by atoms with Crippen LogP contribution in [0.4, 0.5) is 0 Å². The standard InChI is InChI=1S/C81H146N11O32P/c1-53-44-57(49-121-125(6,113)114-5)92(45-53)68(106)28-14-12-10-8-7-9-11-13-27-67(105)91-81(50-115-41-29-64(102)85-35-21-32-82-61(99)24-15-18-38-118-78-69(88-54(2)96)75(110)72(107)58(46-93)122-78,51-116-42-30-65(103)86-36-22-33-83-62(100)25-16-19-39-119-79-70(89-55(3)97)76(111)73(108)59(47-94)123-79)52-117-43-31-66(104)87-37-23-34-84-63(101)26-17-20-40-120-80-71(90-56(4)98)77(112)74(109)60(48-95)124-80/h53,57-60,69-80,93-95,107-112H,7-52H2,1-6H3,(H,82,99)(H,83,100)(H,84,101)(H,85,102)(H,86,103)(H,87,104)(H,88,96)(H,89,97)(H,90,98)(H,91,105)/t53-,57+,58?,59?,60?,69?,70?,71?,72?,73?,74?,75?,76?,77?,78?,79?,80?,81?,125?/m1/s1. The predicted molar refractivity (Wildman–Crippen MR) is 447 cm³/mol. The Morgan fingerprint density at radius 1 is 0.400 bits per heavy atom. The van der Waals surface area contributed by atoms with Crippen molar-refractivity contribution in [1.29, 1.82) is 0 Å². The van der Waals surface area contributed by atoms with E-state index < -0.39 is 143 Å². The molecule has 125 heavy (non-hydrogen) atoms. The molecule has 4 saturated heterocycles. The van der Waals surface area contributed by atoms with Crippen LogP contribution in [-0.4, -0.2) is 365 Å². The van der Waals surface area contributed by atoms with Gasteiger partial charge in [-0.15, -0.1) is 0 Å². The minimum Gasteiger partial charge on any atom is -0.394 e. The lowest BCUT2D eigenvalue weighted by molar-refractivity contribution is -0.270. The Balaban J connectivity index is 1.31. The van der Waals surface area contributed by atoms with Crippen LogP contribution in [0.1, 0.15) is 195 Å². The minimum atomic E-state index is -3.20. The van der Waals surface area contributed by atoms with Crippen molar-refractivity contribution in [3.05, 3.63) is 0 Å². The molecule has 4 heterocycles. The highest BCUT2D eigenvalue weighted by molar-refractivity contribution is 7.52. The van der Waals surface area contributed by atoms with E-state index in [1.54, 1.807) is 0 Å². The molecule has 19 N–H and O–H groups in total. The number of carbonyl (C=O) groups excluding carboxylic acids is 11. The number of ether oxygens (including phenoxy) is 9. The zero-order valence-corrected chi connectivity index (χ0v) is 74.5. The Kier molecular flexibility index (Phi) is 55.7. The van der Waals surface area contributed by atoms with Crippen LogP contribution in [0.15, 0.2) is 0 Å². The van der Waals surface area contributed by atoms with Crippen molar-refractivity contribution in [3.8, 4) is 0 Å². The number of carbonyl (C=O) groups is 11. The maximum atomic E-state index is 14.1. The first kappa shape index (κ1) is 111. The summed E-state index contributed by atoms with van der Waals surface area (Å²) in [4.78, 5) is 142. The van der Waals surface area contributed by atoms with Gasteiger partial charge in [-0.3, -0.25) is 57.3 Å². The smallest absolute Gasteiger partial charge is 0.327 e. The molecule has 0 aliphatic carbocycles. The zero-order chi connectivity index (χ0) is 92.1. The average Bonchev–Trinajstić information content (AvgIpc) is 1.57. The van der Waals surface area contributed by atoms with Crippen molar-refractivity contribution in [2.75, 3.05) is 145 Å². The lowest BCUT2D eigenvalue weighted by atomic mass is 9.97. The Morgan fingerprint density at radius 3 is 1.01 bits per heavy atom. The van der Waals surface area contributed by atoms with Crippen LogP contribution in [0, 0.1) is 5.92 Å². The molecule has 4 aliphatic rings. The summed E-state index contributed by atoms with van der Waals surface area (Å²) in [6.45, 7) is 6.48. The molecular formula is C81H146N11O32P. The van der Waals surface area contributed by atoms with Crippen LogP contribution in [0.5, 0.6) is 0 Å². The number of rotatable bonds is 67. The number of unbranched alkanes of at least 4 members (excludes halogenated alkanes) is 10. The second-order valence-electron chi connectivity index (χ2n) is 32.3. The van der Waals surface area contributed by atoms with Gasteiger partial charge in [0.05, 0.1) is 72.1 Å². The molecule has 0 radical (unpaired) electrons. The number of likely N-dealkylation sites (tertiary alicyclic amines) is 1. The molecule has 0 aromatic carbocycles. The topological polar surface area (TPSA) is 612 Å². The molecule has 0 saturated carbocycles. The van der Waals surface area contributed by atoms with Crippen LogP contribution >= 0.6 is 7.60 Å². The fraction of sp³-hybridized carbons (Fsp3) is 0.864. The maximum Gasteiger partial charge on any atom is 0.327 e. The third-order valence-electron chi connectivity index (χ3n) is 21.3. The summed E-state index contributed by atoms with van der Waals surface area (Å²) >= 11 is 0. The molecule has 16 unspecified atom stereocenters. The number of nitrogens with zero attached hydrogens (tertiary/aromatic N) is 1. The van der Waals surface area contributed by atoms with E-state index in [0.717, 1.165) is 51.4 Å². The van der Waals surface area contributed by atoms with Crippen molar-refractivity contribution in [3.63, 3.8) is 0 Å². The molecule has 44 heteroatoms. The molecule has 18 atom stereocenters. The third kappa shape index (κ3) is 45.1. The molecule has 722 valence electrons. The van der Waals surface area contributed by atoms with Crippen LogP contribution in [0.3, 0.4) is 0 Å². The van der Waals surface area contributed by atoms with E-state index in [2.05, 4.69) is 60.1 Å². The third-order valence-corrected chi connectivity index (χ3v) is 22.5. The maximum absolute atomic E-state index is 14.1.